The molecule has 2 aromatic rings. The number of pyridine rings is 1. The first-order chi connectivity index (χ1) is 9.10. The molecule has 0 radical (unpaired) electrons. The van der Waals surface area contributed by atoms with Gasteiger partial charge in [0.2, 0.25) is 0 Å². The molecule has 3 N–H and O–H groups in total. The third-order valence-electron chi connectivity index (χ3n) is 2.28. The van der Waals surface area contributed by atoms with Gasteiger partial charge in [0.05, 0.1) is 10.2 Å². The van der Waals surface area contributed by atoms with Gasteiger partial charge < -0.3 is 10.2 Å². The molecular formula is C12H10BrF2N3O. The summed E-state index contributed by atoms with van der Waals surface area (Å²) in [5.74, 6) is 4.19. The number of rotatable bonds is 4. The summed E-state index contributed by atoms with van der Waals surface area (Å²) >= 11 is 3.04. The highest BCUT2D eigenvalue weighted by Gasteiger charge is 2.11. The molecule has 1 aromatic heterocycles. The molecule has 0 amide bonds. The standard InChI is InChI=1S/C12H10BrF2N3O/c13-9-4-7(14)5-10(15)12(9)19-6-8-2-1-3-11(17-8)18-16/h1-5H,6,16H2,(H,17,18). The Labute approximate surface area is 116 Å². The van der Waals surface area contributed by atoms with Crippen LogP contribution in [-0.2, 0) is 6.61 Å². The number of anilines is 1. The molecule has 1 heterocycles. The van der Waals surface area contributed by atoms with Crippen molar-refractivity contribution in [3.05, 3.63) is 52.1 Å². The maximum atomic E-state index is 13.5. The van der Waals surface area contributed by atoms with Gasteiger partial charge >= 0.3 is 0 Å². The molecule has 0 spiro atoms. The van der Waals surface area contributed by atoms with Crippen LogP contribution in [0.5, 0.6) is 5.75 Å². The normalized spacial score (nSPS) is 10.3. The average Bonchev–Trinajstić information content (AvgIpc) is 2.37. The van der Waals surface area contributed by atoms with Gasteiger partial charge in [-0.05, 0) is 34.1 Å². The lowest BCUT2D eigenvalue weighted by Gasteiger charge is -2.09. The zero-order chi connectivity index (χ0) is 13.8. The van der Waals surface area contributed by atoms with E-state index in [0.717, 1.165) is 12.1 Å². The van der Waals surface area contributed by atoms with E-state index in [2.05, 4.69) is 26.3 Å². The predicted molar refractivity (Wildman–Crippen MR) is 70.4 cm³/mol. The molecule has 0 bridgehead atoms. The second-order valence-electron chi connectivity index (χ2n) is 3.65. The number of nitrogen functional groups attached to an aromatic ring is 1. The zero-order valence-corrected chi connectivity index (χ0v) is 11.2. The first-order valence-corrected chi connectivity index (χ1v) is 6.09. The van der Waals surface area contributed by atoms with Crippen LogP contribution in [0.1, 0.15) is 5.69 Å². The van der Waals surface area contributed by atoms with E-state index in [4.69, 9.17) is 10.6 Å². The Morgan fingerprint density at radius 3 is 2.79 bits per heavy atom. The Balaban J connectivity index is 2.14. The van der Waals surface area contributed by atoms with E-state index in [-0.39, 0.29) is 16.8 Å². The summed E-state index contributed by atoms with van der Waals surface area (Å²) in [6, 6.07) is 7.00. The fraction of sp³-hybridized carbons (Fsp3) is 0.0833. The maximum absolute atomic E-state index is 13.5. The first-order valence-electron chi connectivity index (χ1n) is 5.30. The van der Waals surface area contributed by atoms with E-state index >= 15 is 0 Å². The van der Waals surface area contributed by atoms with E-state index in [9.17, 15) is 8.78 Å². The second kappa shape index (κ2) is 5.94. The van der Waals surface area contributed by atoms with E-state index in [1.165, 1.54) is 0 Å². The molecule has 0 saturated heterocycles. The van der Waals surface area contributed by atoms with Gasteiger partial charge in [-0.15, -0.1) is 0 Å². The van der Waals surface area contributed by atoms with Gasteiger partial charge in [-0.2, -0.15) is 0 Å². The fourth-order valence-electron chi connectivity index (χ4n) is 1.45. The summed E-state index contributed by atoms with van der Waals surface area (Å²) in [5, 5.41) is 0. The lowest BCUT2D eigenvalue weighted by atomic mass is 10.3. The van der Waals surface area contributed by atoms with E-state index in [0.29, 0.717) is 11.5 Å². The number of halogens is 3. The lowest BCUT2D eigenvalue weighted by Crippen LogP contribution is -2.10. The molecule has 100 valence electrons. The van der Waals surface area contributed by atoms with Crippen molar-refractivity contribution in [1.82, 2.24) is 4.98 Å². The van der Waals surface area contributed by atoms with Crippen LogP contribution in [0, 0.1) is 11.6 Å². The maximum Gasteiger partial charge on any atom is 0.169 e. The minimum atomic E-state index is -0.778. The molecule has 0 saturated carbocycles. The number of nitrogens with one attached hydrogen (secondary N) is 1. The van der Waals surface area contributed by atoms with Crippen molar-refractivity contribution >= 4 is 21.7 Å². The zero-order valence-electron chi connectivity index (χ0n) is 9.66. The van der Waals surface area contributed by atoms with Crippen molar-refractivity contribution < 1.29 is 13.5 Å². The average molecular weight is 330 g/mol. The highest BCUT2D eigenvalue weighted by molar-refractivity contribution is 9.10. The second-order valence-corrected chi connectivity index (χ2v) is 4.50. The van der Waals surface area contributed by atoms with Gasteiger partial charge in [-0.25, -0.2) is 19.6 Å². The van der Waals surface area contributed by atoms with E-state index in [1.54, 1.807) is 18.2 Å². The number of hydrogen-bond donors (Lipinski definition) is 2. The van der Waals surface area contributed by atoms with Crippen LogP contribution < -0.4 is 16.0 Å². The first kappa shape index (κ1) is 13.7. The number of hydrogen-bond acceptors (Lipinski definition) is 4. The Morgan fingerprint density at radius 1 is 1.32 bits per heavy atom. The third-order valence-corrected chi connectivity index (χ3v) is 2.87. The third kappa shape index (κ3) is 3.39. The van der Waals surface area contributed by atoms with Crippen LogP contribution in [0.3, 0.4) is 0 Å². The van der Waals surface area contributed by atoms with Crippen LogP contribution in [-0.4, -0.2) is 4.98 Å². The van der Waals surface area contributed by atoms with Gasteiger partial charge in [0.1, 0.15) is 18.2 Å². The predicted octanol–water partition coefficient (Wildman–Crippen LogP) is 2.99. The van der Waals surface area contributed by atoms with Crippen molar-refractivity contribution in [1.29, 1.82) is 0 Å². The van der Waals surface area contributed by atoms with Crippen LogP contribution in [0.2, 0.25) is 0 Å². The largest absolute Gasteiger partial charge is 0.483 e. The molecule has 0 unspecified atom stereocenters. The van der Waals surface area contributed by atoms with Gasteiger partial charge in [-0.3, -0.25) is 0 Å². The van der Waals surface area contributed by atoms with Crippen LogP contribution in [0.25, 0.3) is 0 Å². The quantitative estimate of drug-likeness (QED) is 0.668. The molecule has 0 aliphatic rings. The highest BCUT2D eigenvalue weighted by atomic mass is 79.9. The minimum absolute atomic E-state index is 0.0384. The molecule has 7 heteroatoms. The number of ether oxygens (including phenoxy) is 1. The molecule has 0 aliphatic carbocycles. The van der Waals surface area contributed by atoms with E-state index < -0.39 is 11.6 Å². The summed E-state index contributed by atoms with van der Waals surface area (Å²) in [6.07, 6.45) is 0. The fourth-order valence-corrected chi connectivity index (χ4v) is 1.98. The SMILES string of the molecule is NNc1cccc(COc2c(F)cc(F)cc2Br)n1. The van der Waals surface area contributed by atoms with Crippen molar-refractivity contribution in [3.63, 3.8) is 0 Å². The molecule has 0 atom stereocenters. The molecule has 0 fully saturated rings. The van der Waals surface area contributed by atoms with Gasteiger partial charge in [0, 0.05) is 6.07 Å². The molecule has 1 aromatic carbocycles. The number of nitrogens with two attached hydrogens (primary N) is 1. The molecule has 19 heavy (non-hydrogen) atoms. The number of hydrazine groups is 1. The Morgan fingerprint density at radius 2 is 2.11 bits per heavy atom. The Kier molecular flexibility index (Phi) is 4.28. The Bertz CT molecular complexity index is 572. The van der Waals surface area contributed by atoms with Gasteiger partial charge in [0.25, 0.3) is 0 Å². The van der Waals surface area contributed by atoms with Crippen molar-refractivity contribution in [2.24, 2.45) is 5.84 Å². The van der Waals surface area contributed by atoms with Crippen LogP contribution in [0.4, 0.5) is 14.6 Å². The number of benzene rings is 1. The topological polar surface area (TPSA) is 60.2 Å². The number of aromatic nitrogens is 1. The monoisotopic (exact) mass is 329 g/mol. The van der Waals surface area contributed by atoms with Crippen molar-refractivity contribution in [3.8, 4) is 5.75 Å². The molecule has 2 rings (SSSR count). The van der Waals surface area contributed by atoms with Crippen molar-refractivity contribution in [2.45, 2.75) is 6.61 Å². The molecular weight excluding hydrogens is 320 g/mol. The van der Waals surface area contributed by atoms with E-state index in [1.807, 2.05) is 0 Å². The molecule has 4 nitrogen and oxygen atoms in total. The van der Waals surface area contributed by atoms with Gasteiger partial charge in [-0.1, -0.05) is 6.07 Å². The van der Waals surface area contributed by atoms with Crippen LogP contribution in [0.15, 0.2) is 34.8 Å². The van der Waals surface area contributed by atoms with Crippen LogP contribution >= 0.6 is 15.9 Å². The van der Waals surface area contributed by atoms with Gasteiger partial charge in [0.15, 0.2) is 11.6 Å². The Hall–Kier alpha value is -1.73. The smallest absolute Gasteiger partial charge is 0.169 e. The highest BCUT2D eigenvalue weighted by Crippen LogP contribution is 2.29. The van der Waals surface area contributed by atoms with Crippen molar-refractivity contribution in [2.75, 3.05) is 5.43 Å². The summed E-state index contributed by atoms with van der Waals surface area (Å²) in [6.45, 7) is 0.0384. The summed E-state index contributed by atoms with van der Waals surface area (Å²) in [5.41, 5.74) is 2.96. The lowest BCUT2D eigenvalue weighted by molar-refractivity contribution is 0.283. The number of nitrogens with zero attached hydrogens (tertiary/aromatic N) is 1. The summed E-state index contributed by atoms with van der Waals surface area (Å²) < 4.78 is 31.9. The minimum Gasteiger partial charge on any atom is -0.483 e. The summed E-state index contributed by atoms with van der Waals surface area (Å²) in [7, 11) is 0. The molecule has 0 aliphatic heterocycles. The summed E-state index contributed by atoms with van der Waals surface area (Å²) in [4.78, 5) is 4.11.